The number of carbonyl (C=O) groups excluding carboxylic acids is 1. The Morgan fingerprint density at radius 3 is 2.28 bits per heavy atom. The molecule has 1 aliphatic carbocycles. The van der Waals surface area contributed by atoms with Gasteiger partial charge < -0.3 is 4.74 Å². The summed E-state index contributed by atoms with van der Waals surface area (Å²) in [5.41, 5.74) is 0. The molecule has 2 aliphatic rings. The van der Waals surface area contributed by atoms with Crippen molar-refractivity contribution >= 4 is 5.97 Å². The van der Waals surface area contributed by atoms with Crippen LogP contribution in [0.3, 0.4) is 0 Å². The monoisotopic (exact) mass is 253 g/mol. The van der Waals surface area contributed by atoms with Gasteiger partial charge in [0.2, 0.25) is 0 Å². The number of piperidine rings is 1. The zero-order valence-electron chi connectivity index (χ0n) is 11.7. The number of hydrogen-bond donors (Lipinski definition) is 0. The number of nitrogens with zero attached hydrogens (tertiary/aromatic N) is 1. The third-order valence-corrected chi connectivity index (χ3v) is 4.61. The molecule has 3 heteroatoms. The van der Waals surface area contributed by atoms with Crippen LogP contribution in [0.2, 0.25) is 0 Å². The van der Waals surface area contributed by atoms with Crippen molar-refractivity contribution in [3.63, 3.8) is 0 Å². The fourth-order valence-corrected chi connectivity index (χ4v) is 3.58. The summed E-state index contributed by atoms with van der Waals surface area (Å²) < 4.78 is 5.01. The lowest BCUT2D eigenvalue weighted by atomic mass is 9.76. The highest BCUT2D eigenvalue weighted by Gasteiger charge is 2.28. The molecule has 0 atom stereocenters. The van der Waals surface area contributed by atoms with Gasteiger partial charge in [-0.1, -0.05) is 32.1 Å². The van der Waals surface area contributed by atoms with Gasteiger partial charge >= 0.3 is 5.97 Å². The second-order valence-electron chi connectivity index (χ2n) is 5.82. The molecule has 1 saturated carbocycles. The van der Waals surface area contributed by atoms with Crippen molar-refractivity contribution in [1.29, 1.82) is 0 Å². The van der Waals surface area contributed by atoms with Gasteiger partial charge in [-0.3, -0.25) is 9.69 Å². The Kier molecular flexibility index (Phi) is 5.48. The average Bonchev–Trinajstić information content (AvgIpc) is 2.41. The maximum atomic E-state index is 11.4. The van der Waals surface area contributed by atoms with Gasteiger partial charge in [0.25, 0.3) is 0 Å². The molecule has 0 aromatic carbocycles. The minimum absolute atomic E-state index is 0.0615. The molecule has 0 radical (unpaired) electrons. The van der Waals surface area contributed by atoms with Crippen molar-refractivity contribution in [1.82, 2.24) is 4.90 Å². The predicted octanol–water partition coefficient (Wildman–Crippen LogP) is 2.84. The number of rotatable bonds is 4. The molecule has 2 fully saturated rings. The van der Waals surface area contributed by atoms with Crippen molar-refractivity contribution < 1.29 is 9.53 Å². The van der Waals surface area contributed by atoms with E-state index in [0.717, 1.165) is 24.9 Å². The van der Waals surface area contributed by atoms with E-state index in [1.807, 2.05) is 6.92 Å². The van der Waals surface area contributed by atoms with E-state index in [9.17, 15) is 4.79 Å². The summed E-state index contributed by atoms with van der Waals surface area (Å²) in [5.74, 6) is 1.83. The van der Waals surface area contributed by atoms with E-state index < -0.39 is 0 Å². The van der Waals surface area contributed by atoms with Crippen LogP contribution in [0.15, 0.2) is 0 Å². The zero-order valence-corrected chi connectivity index (χ0v) is 11.7. The molecule has 1 saturated heterocycles. The maximum absolute atomic E-state index is 11.4. The van der Waals surface area contributed by atoms with E-state index in [1.54, 1.807) is 0 Å². The lowest BCUT2D eigenvalue weighted by Gasteiger charge is -2.37. The predicted molar refractivity (Wildman–Crippen MR) is 72.4 cm³/mol. The molecule has 0 amide bonds. The number of esters is 1. The van der Waals surface area contributed by atoms with E-state index in [0.29, 0.717) is 13.2 Å². The maximum Gasteiger partial charge on any atom is 0.320 e. The minimum Gasteiger partial charge on any atom is -0.465 e. The first-order valence-corrected chi connectivity index (χ1v) is 7.67. The van der Waals surface area contributed by atoms with Crippen LogP contribution in [0.4, 0.5) is 0 Å². The molecule has 3 nitrogen and oxygen atoms in total. The lowest BCUT2D eigenvalue weighted by molar-refractivity contribution is -0.144. The second kappa shape index (κ2) is 7.13. The topological polar surface area (TPSA) is 29.5 Å². The van der Waals surface area contributed by atoms with Gasteiger partial charge in [-0.05, 0) is 44.7 Å². The molecule has 1 aliphatic heterocycles. The van der Waals surface area contributed by atoms with Crippen LogP contribution in [0.5, 0.6) is 0 Å². The average molecular weight is 253 g/mol. The van der Waals surface area contributed by atoms with Gasteiger partial charge in [-0.15, -0.1) is 0 Å². The highest BCUT2D eigenvalue weighted by atomic mass is 16.5. The molecule has 1 heterocycles. The zero-order chi connectivity index (χ0) is 12.8. The largest absolute Gasteiger partial charge is 0.465 e. The number of likely N-dealkylation sites (tertiary alicyclic amines) is 1. The smallest absolute Gasteiger partial charge is 0.320 e. The van der Waals surface area contributed by atoms with Crippen LogP contribution in [-0.2, 0) is 9.53 Å². The van der Waals surface area contributed by atoms with Gasteiger partial charge in [-0.2, -0.15) is 0 Å². The van der Waals surface area contributed by atoms with E-state index in [-0.39, 0.29) is 5.97 Å². The Hall–Kier alpha value is -0.570. The third-order valence-electron chi connectivity index (χ3n) is 4.61. The fourth-order valence-electron chi connectivity index (χ4n) is 3.58. The first kappa shape index (κ1) is 13.9. The van der Waals surface area contributed by atoms with Gasteiger partial charge in [0.15, 0.2) is 0 Å². The van der Waals surface area contributed by atoms with Crippen LogP contribution in [-0.4, -0.2) is 37.1 Å². The van der Waals surface area contributed by atoms with Crippen molar-refractivity contribution in [3.8, 4) is 0 Å². The summed E-state index contributed by atoms with van der Waals surface area (Å²) in [6.07, 6.45) is 9.78. The molecular weight excluding hydrogens is 226 g/mol. The first-order chi connectivity index (χ1) is 8.79. The molecular formula is C15H27NO2. The summed E-state index contributed by atoms with van der Waals surface area (Å²) in [7, 11) is 0. The highest BCUT2D eigenvalue weighted by Crippen LogP contribution is 2.35. The Morgan fingerprint density at radius 1 is 1.06 bits per heavy atom. The van der Waals surface area contributed by atoms with Crippen LogP contribution in [0.25, 0.3) is 0 Å². The highest BCUT2D eigenvalue weighted by molar-refractivity contribution is 5.71. The van der Waals surface area contributed by atoms with E-state index in [1.165, 1.54) is 44.9 Å². The third kappa shape index (κ3) is 3.98. The standard InChI is InChI=1S/C15H27NO2/c1-2-18-15(17)12-16-10-8-14(9-11-16)13-6-4-3-5-7-13/h13-14H,2-12H2,1H3. The van der Waals surface area contributed by atoms with Gasteiger partial charge in [-0.25, -0.2) is 0 Å². The second-order valence-corrected chi connectivity index (χ2v) is 5.82. The van der Waals surface area contributed by atoms with Crippen molar-refractivity contribution in [2.24, 2.45) is 11.8 Å². The Bertz CT molecular complexity index is 253. The van der Waals surface area contributed by atoms with E-state index in [4.69, 9.17) is 4.74 Å². The Labute approximate surface area is 111 Å². The van der Waals surface area contributed by atoms with Crippen molar-refractivity contribution in [2.45, 2.75) is 51.9 Å². The minimum atomic E-state index is -0.0615. The van der Waals surface area contributed by atoms with Crippen LogP contribution in [0.1, 0.15) is 51.9 Å². The van der Waals surface area contributed by atoms with Gasteiger partial charge in [0.1, 0.15) is 0 Å². The number of hydrogen-bond acceptors (Lipinski definition) is 3. The van der Waals surface area contributed by atoms with Crippen LogP contribution < -0.4 is 0 Å². The van der Waals surface area contributed by atoms with E-state index >= 15 is 0 Å². The summed E-state index contributed by atoms with van der Waals surface area (Å²) in [4.78, 5) is 13.7. The lowest BCUT2D eigenvalue weighted by Crippen LogP contribution is -2.39. The molecule has 2 rings (SSSR count). The Balaban J connectivity index is 1.69. The summed E-state index contributed by atoms with van der Waals surface area (Å²) in [6, 6.07) is 0. The van der Waals surface area contributed by atoms with Crippen LogP contribution in [0, 0.1) is 11.8 Å². The fraction of sp³-hybridized carbons (Fsp3) is 0.933. The summed E-state index contributed by atoms with van der Waals surface area (Å²) in [6.45, 7) is 5.02. The number of ether oxygens (including phenoxy) is 1. The Morgan fingerprint density at radius 2 is 1.67 bits per heavy atom. The molecule has 0 aromatic heterocycles. The van der Waals surface area contributed by atoms with Gasteiger partial charge in [0, 0.05) is 0 Å². The molecule has 0 bridgehead atoms. The molecule has 18 heavy (non-hydrogen) atoms. The first-order valence-electron chi connectivity index (χ1n) is 7.67. The molecule has 0 spiro atoms. The summed E-state index contributed by atoms with van der Waals surface area (Å²) in [5, 5.41) is 0. The summed E-state index contributed by atoms with van der Waals surface area (Å²) >= 11 is 0. The molecule has 0 N–H and O–H groups in total. The molecule has 0 unspecified atom stereocenters. The van der Waals surface area contributed by atoms with Crippen LogP contribution >= 0.6 is 0 Å². The molecule has 0 aromatic rings. The quantitative estimate of drug-likeness (QED) is 0.722. The van der Waals surface area contributed by atoms with Crippen molar-refractivity contribution in [3.05, 3.63) is 0 Å². The van der Waals surface area contributed by atoms with Gasteiger partial charge in [0.05, 0.1) is 13.2 Å². The molecule has 104 valence electrons. The van der Waals surface area contributed by atoms with Crippen molar-refractivity contribution in [2.75, 3.05) is 26.2 Å². The number of carbonyl (C=O) groups is 1. The SMILES string of the molecule is CCOC(=O)CN1CCC(C2CCCCC2)CC1. The van der Waals surface area contributed by atoms with E-state index in [2.05, 4.69) is 4.90 Å². The normalized spacial score (nSPS) is 24.1.